The molecule has 2 heterocycles. The Morgan fingerprint density at radius 1 is 0.893 bits per heavy atom. The number of oxazole rings is 1. The molecule has 0 fully saturated rings. The largest absolute Gasteiger partial charge is 0.417 e. The highest BCUT2D eigenvalue weighted by Gasteiger charge is 2.36. The average Bonchev–Trinajstić information content (AvgIpc) is 3.32. The van der Waals surface area contributed by atoms with Gasteiger partial charge >= 0.3 is 0 Å². The van der Waals surface area contributed by atoms with E-state index in [9.17, 15) is 9.59 Å². The maximum absolute atomic E-state index is 12.8. The number of carbonyl (C=O) groups excluding carboxylic acids is 2. The van der Waals surface area contributed by atoms with Gasteiger partial charge in [0.15, 0.2) is 16.4 Å². The number of hydrogen-bond donors (Lipinski definition) is 0. The number of aryl methyl sites for hydroxylation is 2. The highest BCUT2D eigenvalue weighted by atomic mass is 32.1. The fourth-order valence-corrected chi connectivity index (χ4v) is 4.32. The summed E-state index contributed by atoms with van der Waals surface area (Å²) in [5.74, 6) is -0.338. The van der Waals surface area contributed by atoms with E-state index < -0.39 is 0 Å². The molecule has 0 aliphatic heterocycles. The Hall–Kier alpha value is -3.38. The molecule has 2 aromatic heterocycles. The van der Waals surface area contributed by atoms with Crippen LogP contribution in [0.3, 0.4) is 0 Å². The SMILES string of the molecule is Cc1ccc(C)c2c1C(=O)C(=Cc1nc3sc(-c4ccccc4)nc3o1)C2=O. The first-order valence-electron chi connectivity index (χ1n) is 8.77. The zero-order valence-electron chi connectivity index (χ0n) is 15.1. The first kappa shape index (κ1) is 16.8. The molecular formula is C22H14N2O3S. The third kappa shape index (κ3) is 2.46. The van der Waals surface area contributed by atoms with Crippen LogP contribution in [0.2, 0.25) is 0 Å². The molecule has 0 saturated heterocycles. The van der Waals surface area contributed by atoms with Crippen LogP contribution in [-0.2, 0) is 0 Å². The Kier molecular flexibility index (Phi) is 3.64. The van der Waals surface area contributed by atoms with Gasteiger partial charge in [-0.25, -0.2) is 0 Å². The van der Waals surface area contributed by atoms with E-state index in [0.29, 0.717) is 21.7 Å². The van der Waals surface area contributed by atoms with Crippen molar-refractivity contribution in [2.75, 3.05) is 0 Å². The predicted molar refractivity (Wildman–Crippen MR) is 108 cm³/mol. The molecule has 4 aromatic rings. The second-order valence-electron chi connectivity index (χ2n) is 6.71. The van der Waals surface area contributed by atoms with Gasteiger partial charge in [-0.1, -0.05) is 53.8 Å². The lowest BCUT2D eigenvalue weighted by atomic mass is 9.99. The van der Waals surface area contributed by atoms with Crippen molar-refractivity contribution >= 4 is 39.5 Å². The van der Waals surface area contributed by atoms with Crippen LogP contribution < -0.4 is 0 Å². The van der Waals surface area contributed by atoms with Crippen LogP contribution in [0.4, 0.5) is 0 Å². The number of nitrogens with zero attached hydrogens (tertiary/aromatic N) is 2. The van der Waals surface area contributed by atoms with Crippen LogP contribution in [0.25, 0.3) is 27.2 Å². The molecule has 5 rings (SSSR count). The van der Waals surface area contributed by atoms with E-state index in [0.717, 1.165) is 21.7 Å². The first-order chi connectivity index (χ1) is 13.5. The molecule has 5 nitrogen and oxygen atoms in total. The maximum atomic E-state index is 12.8. The van der Waals surface area contributed by atoms with Crippen LogP contribution >= 0.6 is 11.3 Å². The molecule has 2 aromatic carbocycles. The molecular weight excluding hydrogens is 372 g/mol. The zero-order valence-corrected chi connectivity index (χ0v) is 16.0. The lowest BCUT2D eigenvalue weighted by molar-refractivity contribution is 0.0990. The summed E-state index contributed by atoms with van der Waals surface area (Å²) in [5.41, 5.74) is 4.03. The third-order valence-corrected chi connectivity index (χ3v) is 5.83. The Bertz CT molecular complexity index is 1240. The predicted octanol–water partition coefficient (Wildman–Crippen LogP) is 5.03. The monoisotopic (exact) mass is 386 g/mol. The Morgan fingerprint density at radius 2 is 1.54 bits per heavy atom. The lowest BCUT2D eigenvalue weighted by Crippen LogP contribution is -2.01. The van der Waals surface area contributed by atoms with Crippen molar-refractivity contribution in [1.29, 1.82) is 0 Å². The summed E-state index contributed by atoms with van der Waals surface area (Å²) in [7, 11) is 0. The van der Waals surface area contributed by atoms with Gasteiger partial charge in [-0.2, -0.15) is 9.97 Å². The second kappa shape index (κ2) is 6.07. The van der Waals surface area contributed by atoms with Crippen LogP contribution in [0.1, 0.15) is 37.7 Å². The smallest absolute Gasteiger partial charge is 0.259 e. The van der Waals surface area contributed by atoms with E-state index in [1.807, 2.05) is 56.3 Å². The minimum absolute atomic E-state index is 0.0876. The molecule has 1 aliphatic rings. The van der Waals surface area contributed by atoms with Crippen molar-refractivity contribution in [2.45, 2.75) is 13.8 Å². The number of hydrogen-bond acceptors (Lipinski definition) is 6. The highest BCUT2D eigenvalue weighted by Crippen LogP contribution is 2.34. The molecule has 0 radical (unpaired) electrons. The summed E-state index contributed by atoms with van der Waals surface area (Å²) in [6.07, 6.45) is 1.43. The molecule has 0 saturated carbocycles. The molecule has 0 atom stereocenters. The molecule has 136 valence electrons. The number of allylic oxidation sites excluding steroid dienone is 1. The minimum Gasteiger partial charge on any atom is -0.417 e. The van der Waals surface area contributed by atoms with Crippen molar-refractivity contribution < 1.29 is 14.0 Å². The number of aromatic nitrogens is 2. The van der Waals surface area contributed by atoms with Crippen LogP contribution in [-0.4, -0.2) is 21.5 Å². The number of thiazole rings is 1. The highest BCUT2D eigenvalue weighted by molar-refractivity contribution is 7.21. The zero-order chi connectivity index (χ0) is 19.4. The van der Waals surface area contributed by atoms with Gasteiger partial charge in [0.1, 0.15) is 5.01 Å². The summed E-state index contributed by atoms with van der Waals surface area (Å²) in [4.78, 5) is 35.1. The quantitative estimate of drug-likeness (QED) is 0.357. The van der Waals surface area contributed by atoms with E-state index in [1.165, 1.54) is 17.4 Å². The van der Waals surface area contributed by atoms with Gasteiger partial charge in [-0.15, -0.1) is 0 Å². The maximum Gasteiger partial charge on any atom is 0.259 e. The van der Waals surface area contributed by atoms with E-state index >= 15 is 0 Å². The Morgan fingerprint density at radius 3 is 2.14 bits per heavy atom. The van der Waals surface area contributed by atoms with Gasteiger partial charge in [0.25, 0.3) is 5.71 Å². The number of fused-ring (bicyclic) bond motifs is 2. The van der Waals surface area contributed by atoms with E-state index in [1.54, 1.807) is 0 Å². The minimum atomic E-state index is -0.277. The standard InChI is InChI=1S/C22H14N2O3S/c1-11-8-9-12(2)17-16(11)18(25)14(19(17)26)10-15-23-22-20(27-15)24-21(28-22)13-6-4-3-5-7-13/h3-10H,1-2H3. The molecule has 0 unspecified atom stereocenters. The van der Waals surface area contributed by atoms with Gasteiger partial charge in [-0.3, -0.25) is 9.59 Å². The second-order valence-corrected chi connectivity index (χ2v) is 7.69. The van der Waals surface area contributed by atoms with Gasteiger partial charge < -0.3 is 4.42 Å². The van der Waals surface area contributed by atoms with Crippen LogP contribution in [0.5, 0.6) is 0 Å². The fraction of sp³-hybridized carbons (Fsp3) is 0.0909. The van der Waals surface area contributed by atoms with Gasteiger partial charge in [0.05, 0.1) is 5.57 Å². The van der Waals surface area contributed by atoms with Crippen molar-refractivity contribution in [1.82, 2.24) is 9.97 Å². The topological polar surface area (TPSA) is 73.1 Å². The molecule has 28 heavy (non-hydrogen) atoms. The summed E-state index contributed by atoms with van der Waals surface area (Å²) in [5, 5.41) is 0.813. The first-order valence-corrected chi connectivity index (χ1v) is 9.58. The van der Waals surface area contributed by atoms with Gasteiger partial charge in [-0.05, 0) is 25.0 Å². The normalized spacial score (nSPS) is 13.4. The lowest BCUT2D eigenvalue weighted by Gasteiger charge is -2.03. The number of benzene rings is 2. The molecule has 1 aliphatic carbocycles. The average molecular weight is 386 g/mol. The summed E-state index contributed by atoms with van der Waals surface area (Å²) < 4.78 is 5.70. The van der Waals surface area contributed by atoms with Crippen LogP contribution in [0.15, 0.2) is 52.5 Å². The van der Waals surface area contributed by atoms with Crippen LogP contribution in [0, 0.1) is 13.8 Å². The number of rotatable bonds is 2. The molecule has 0 spiro atoms. The van der Waals surface area contributed by atoms with E-state index in [-0.39, 0.29) is 23.0 Å². The van der Waals surface area contributed by atoms with Gasteiger partial charge in [0.2, 0.25) is 5.89 Å². The summed E-state index contributed by atoms with van der Waals surface area (Å²) in [6.45, 7) is 3.67. The fourth-order valence-electron chi connectivity index (χ4n) is 3.45. The van der Waals surface area contributed by atoms with Crippen molar-refractivity contribution in [2.24, 2.45) is 0 Å². The molecule has 0 amide bonds. The molecule has 0 N–H and O–H groups in total. The number of Topliss-reactive ketones (excluding diaryl/α,β-unsaturated/α-hetero) is 2. The number of carbonyl (C=O) groups is 2. The Balaban J connectivity index is 1.55. The van der Waals surface area contributed by atoms with E-state index in [2.05, 4.69) is 9.97 Å². The Labute approximate surface area is 164 Å². The van der Waals surface area contributed by atoms with Crippen molar-refractivity contribution in [3.63, 3.8) is 0 Å². The molecule has 6 heteroatoms. The van der Waals surface area contributed by atoms with E-state index in [4.69, 9.17) is 4.42 Å². The van der Waals surface area contributed by atoms with Crippen molar-refractivity contribution in [3.8, 4) is 10.6 Å². The third-order valence-electron chi connectivity index (χ3n) is 4.85. The van der Waals surface area contributed by atoms with Crippen molar-refractivity contribution in [3.05, 3.63) is 76.2 Å². The number of ketones is 2. The molecule has 0 bridgehead atoms. The summed E-state index contributed by atoms with van der Waals surface area (Å²) in [6, 6.07) is 13.5. The summed E-state index contributed by atoms with van der Waals surface area (Å²) >= 11 is 1.41. The van der Waals surface area contributed by atoms with Gasteiger partial charge in [0, 0.05) is 22.8 Å².